The normalized spacial score (nSPS) is 11.8. The summed E-state index contributed by atoms with van der Waals surface area (Å²) in [6, 6.07) is 2.30. The van der Waals surface area contributed by atoms with E-state index < -0.39 is 15.8 Å². The fraction of sp³-hybridized carbons (Fsp3) is 0.600. The van der Waals surface area contributed by atoms with E-state index in [0.717, 1.165) is 25.3 Å². The molecular weight excluding hydrogens is 291 g/mol. The van der Waals surface area contributed by atoms with Crippen molar-refractivity contribution in [2.45, 2.75) is 57.3 Å². The second-order valence-corrected chi connectivity index (χ2v) is 7.05. The largest absolute Gasteiger partial charge is 0.398 e. The number of unbranched alkanes of at least 4 members (excludes halogenated alkanes) is 5. The number of halogens is 1. The molecule has 4 nitrogen and oxygen atoms in total. The maximum atomic E-state index is 13.6. The van der Waals surface area contributed by atoms with Crippen LogP contribution in [0.25, 0.3) is 0 Å². The van der Waals surface area contributed by atoms with Gasteiger partial charge in [-0.2, -0.15) is 0 Å². The van der Waals surface area contributed by atoms with Crippen LogP contribution < -0.4 is 10.5 Å². The Morgan fingerprint density at radius 3 is 2.38 bits per heavy atom. The molecule has 0 bridgehead atoms. The SMILES string of the molecule is CCCCCCCCNS(=O)(=O)c1cc(N)c(C)c(F)c1. The lowest BCUT2D eigenvalue weighted by Gasteiger charge is -2.09. The van der Waals surface area contributed by atoms with Crippen LogP contribution in [0.3, 0.4) is 0 Å². The van der Waals surface area contributed by atoms with Gasteiger partial charge in [-0.25, -0.2) is 17.5 Å². The van der Waals surface area contributed by atoms with E-state index in [0.29, 0.717) is 6.54 Å². The topological polar surface area (TPSA) is 72.2 Å². The molecule has 0 heterocycles. The molecule has 0 unspecified atom stereocenters. The molecule has 0 spiro atoms. The van der Waals surface area contributed by atoms with Gasteiger partial charge < -0.3 is 5.73 Å². The summed E-state index contributed by atoms with van der Waals surface area (Å²) in [6.45, 7) is 4.04. The van der Waals surface area contributed by atoms with Crippen molar-refractivity contribution in [1.82, 2.24) is 4.72 Å². The summed E-state index contributed by atoms with van der Waals surface area (Å²) in [5.41, 5.74) is 6.03. The lowest BCUT2D eigenvalue weighted by molar-refractivity contribution is 0.565. The van der Waals surface area contributed by atoms with Gasteiger partial charge >= 0.3 is 0 Å². The minimum atomic E-state index is -3.69. The van der Waals surface area contributed by atoms with E-state index in [2.05, 4.69) is 11.6 Å². The third-order valence-corrected chi connectivity index (χ3v) is 4.93. The summed E-state index contributed by atoms with van der Waals surface area (Å²) in [7, 11) is -3.69. The van der Waals surface area contributed by atoms with Crippen molar-refractivity contribution in [3.05, 3.63) is 23.5 Å². The highest BCUT2D eigenvalue weighted by Gasteiger charge is 2.16. The van der Waals surface area contributed by atoms with Crippen molar-refractivity contribution >= 4 is 15.7 Å². The fourth-order valence-corrected chi connectivity index (χ4v) is 3.15. The lowest BCUT2D eigenvalue weighted by Crippen LogP contribution is -2.25. The summed E-state index contributed by atoms with van der Waals surface area (Å²) >= 11 is 0. The Hall–Kier alpha value is -1.14. The molecule has 0 fully saturated rings. The first-order valence-corrected chi connectivity index (χ1v) is 8.92. The Labute approximate surface area is 127 Å². The van der Waals surface area contributed by atoms with Gasteiger partial charge in [0, 0.05) is 17.8 Å². The molecule has 0 radical (unpaired) electrons. The zero-order valence-corrected chi connectivity index (χ0v) is 13.6. The second-order valence-electron chi connectivity index (χ2n) is 5.28. The molecule has 1 rings (SSSR count). The number of anilines is 1. The summed E-state index contributed by atoms with van der Waals surface area (Å²) in [6.07, 6.45) is 6.48. The van der Waals surface area contributed by atoms with Gasteiger partial charge in [-0.3, -0.25) is 0 Å². The Morgan fingerprint density at radius 2 is 1.76 bits per heavy atom. The van der Waals surface area contributed by atoms with E-state index in [4.69, 9.17) is 5.73 Å². The predicted octanol–water partition coefficient (Wildman–Crippen LogP) is 3.36. The third-order valence-electron chi connectivity index (χ3n) is 3.49. The van der Waals surface area contributed by atoms with Crippen molar-refractivity contribution < 1.29 is 12.8 Å². The Bertz CT molecular complexity index is 536. The molecule has 3 N–H and O–H groups in total. The number of hydrogen-bond acceptors (Lipinski definition) is 3. The maximum Gasteiger partial charge on any atom is 0.240 e. The van der Waals surface area contributed by atoms with Crippen LogP contribution in [0.2, 0.25) is 0 Å². The van der Waals surface area contributed by atoms with Gasteiger partial charge in [0.05, 0.1) is 4.90 Å². The lowest BCUT2D eigenvalue weighted by atomic mass is 10.1. The van der Waals surface area contributed by atoms with Crippen molar-refractivity contribution in [3.63, 3.8) is 0 Å². The molecule has 1 aromatic rings. The number of rotatable bonds is 9. The highest BCUT2D eigenvalue weighted by molar-refractivity contribution is 7.89. The van der Waals surface area contributed by atoms with Crippen LogP contribution in [0.15, 0.2) is 17.0 Å². The number of nitrogens with two attached hydrogens (primary N) is 1. The van der Waals surface area contributed by atoms with Gasteiger partial charge in [-0.15, -0.1) is 0 Å². The molecule has 0 aliphatic rings. The summed E-state index contributed by atoms with van der Waals surface area (Å²) in [5.74, 6) is -0.602. The van der Waals surface area contributed by atoms with Gasteiger partial charge in [-0.05, 0) is 25.5 Å². The van der Waals surface area contributed by atoms with Crippen molar-refractivity contribution in [1.29, 1.82) is 0 Å². The van der Waals surface area contributed by atoms with Gasteiger partial charge in [0.2, 0.25) is 10.0 Å². The summed E-state index contributed by atoms with van der Waals surface area (Å²) in [5, 5.41) is 0. The monoisotopic (exact) mass is 316 g/mol. The first-order chi connectivity index (χ1) is 9.88. The van der Waals surface area contributed by atoms with Gasteiger partial charge in [0.25, 0.3) is 0 Å². The number of nitrogen functional groups attached to an aromatic ring is 1. The maximum absolute atomic E-state index is 13.6. The molecule has 1 aromatic carbocycles. The van der Waals surface area contributed by atoms with Crippen molar-refractivity contribution in [3.8, 4) is 0 Å². The van der Waals surface area contributed by atoms with E-state index in [9.17, 15) is 12.8 Å². The van der Waals surface area contributed by atoms with Crippen LogP contribution in [0.5, 0.6) is 0 Å². The van der Waals surface area contributed by atoms with E-state index >= 15 is 0 Å². The molecule has 0 aliphatic heterocycles. The molecule has 0 aromatic heterocycles. The van der Waals surface area contributed by atoms with Gasteiger partial charge in [-0.1, -0.05) is 39.0 Å². The molecule has 120 valence electrons. The van der Waals surface area contributed by atoms with Crippen LogP contribution in [-0.2, 0) is 10.0 Å². The van der Waals surface area contributed by atoms with E-state index in [1.54, 1.807) is 0 Å². The zero-order chi connectivity index (χ0) is 15.9. The second kappa shape index (κ2) is 8.34. The smallest absolute Gasteiger partial charge is 0.240 e. The minimum Gasteiger partial charge on any atom is -0.398 e. The Balaban J connectivity index is 2.51. The van der Waals surface area contributed by atoms with E-state index in [1.807, 2.05) is 0 Å². The van der Waals surface area contributed by atoms with Crippen molar-refractivity contribution in [2.75, 3.05) is 12.3 Å². The average Bonchev–Trinajstić information content (AvgIpc) is 2.43. The first-order valence-electron chi connectivity index (χ1n) is 7.43. The van der Waals surface area contributed by atoms with Gasteiger partial charge in [0.15, 0.2) is 0 Å². The third kappa shape index (κ3) is 5.63. The molecule has 21 heavy (non-hydrogen) atoms. The minimum absolute atomic E-state index is 0.117. The van der Waals surface area contributed by atoms with Crippen molar-refractivity contribution in [2.24, 2.45) is 0 Å². The predicted molar refractivity (Wildman–Crippen MR) is 84.1 cm³/mol. The summed E-state index contributed by atoms with van der Waals surface area (Å²) < 4.78 is 40.1. The molecule has 6 heteroatoms. The number of nitrogens with one attached hydrogen (secondary N) is 1. The quantitative estimate of drug-likeness (QED) is 0.542. The standard InChI is InChI=1S/C15H25FN2O2S/c1-3-4-5-6-7-8-9-18-21(19,20)13-10-14(16)12(2)15(17)11-13/h10-11,18H,3-9,17H2,1-2H3. The molecule has 0 atom stereocenters. The van der Waals surface area contributed by atoms with Crippen LogP contribution >= 0.6 is 0 Å². The molecule has 0 saturated heterocycles. The highest BCUT2D eigenvalue weighted by atomic mass is 32.2. The van der Waals surface area contributed by atoms with Crippen LogP contribution in [-0.4, -0.2) is 15.0 Å². The number of benzene rings is 1. The number of hydrogen-bond donors (Lipinski definition) is 2. The Kier molecular flexibility index (Phi) is 7.11. The molecule has 0 amide bonds. The first kappa shape index (κ1) is 17.9. The molecule has 0 saturated carbocycles. The fourth-order valence-electron chi connectivity index (χ4n) is 2.02. The Morgan fingerprint density at radius 1 is 1.14 bits per heavy atom. The zero-order valence-electron chi connectivity index (χ0n) is 12.8. The molecular formula is C15H25FN2O2S. The van der Waals surface area contributed by atoms with E-state index in [-0.39, 0.29) is 16.1 Å². The number of sulfonamides is 1. The van der Waals surface area contributed by atoms with Gasteiger partial charge in [0.1, 0.15) is 5.82 Å². The van der Waals surface area contributed by atoms with Crippen LogP contribution in [0.1, 0.15) is 51.0 Å². The van der Waals surface area contributed by atoms with Crippen LogP contribution in [0.4, 0.5) is 10.1 Å². The van der Waals surface area contributed by atoms with E-state index in [1.165, 1.54) is 32.3 Å². The van der Waals surface area contributed by atoms with Crippen LogP contribution in [0, 0.1) is 12.7 Å². The molecule has 0 aliphatic carbocycles. The summed E-state index contributed by atoms with van der Waals surface area (Å²) in [4.78, 5) is -0.117. The average molecular weight is 316 g/mol. The highest BCUT2D eigenvalue weighted by Crippen LogP contribution is 2.20.